The van der Waals surface area contributed by atoms with Crippen LogP contribution in [0.1, 0.15) is 16.5 Å². The Kier molecular flexibility index (Phi) is 4.94. The monoisotopic (exact) mass is 372 g/mol. The minimum atomic E-state index is -0.664. The SMILES string of the molecule is O=C1CSC(c2ccccc2[N+](=O)[O-])N1/N=C/c1ccccc1[N+](=O)[O-]. The van der Waals surface area contributed by atoms with E-state index in [4.69, 9.17) is 0 Å². The summed E-state index contributed by atoms with van der Waals surface area (Å²) in [6.45, 7) is 0. The third-order valence-corrected chi connectivity index (χ3v) is 4.88. The van der Waals surface area contributed by atoms with Crippen LogP contribution in [0.25, 0.3) is 0 Å². The van der Waals surface area contributed by atoms with E-state index in [0.717, 1.165) is 5.01 Å². The van der Waals surface area contributed by atoms with Gasteiger partial charge in [-0.05, 0) is 12.1 Å². The van der Waals surface area contributed by atoms with E-state index in [0.29, 0.717) is 5.56 Å². The van der Waals surface area contributed by atoms with Crippen LogP contribution >= 0.6 is 11.8 Å². The molecule has 3 rings (SSSR count). The highest BCUT2D eigenvalue weighted by atomic mass is 32.2. The van der Waals surface area contributed by atoms with Gasteiger partial charge in [-0.15, -0.1) is 11.8 Å². The summed E-state index contributed by atoms with van der Waals surface area (Å²) in [5.41, 5.74) is 0.347. The fourth-order valence-corrected chi connectivity index (χ4v) is 3.64. The maximum atomic E-state index is 12.2. The van der Waals surface area contributed by atoms with Gasteiger partial charge in [0.05, 0.1) is 32.9 Å². The van der Waals surface area contributed by atoms with Gasteiger partial charge in [-0.1, -0.05) is 24.3 Å². The zero-order valence-corrected chi connectivity index (χ0v) is 14.0. The molecule has 1 amide bonds. The van der Waals surface area contributed by atoms with Crippen molar-refractivity contribution in [3.05, 3.63) is 79.9 Å². The minimum Gasteiger partial charge on any atom is -0.272 e. The smallest absolute Gasteiger partial charge is 0.272 e. The van der Waals surface area contributed by atoms with E-state index in [9.17, 15) is 25.0 Å². The fraction of sp³-hybridized carbons (Fsp3) is 0.125. The quantitative estimate of drug-likeness (QED) is 0.452. The highest BCUT2D eigenvalue weighted by molar-refractivity contribution is 8.00. The molecule has 26 heavy (non-hydrogen) atoms. The Morgan fingerprint density at radius 2 is 1.65 bits per heavy atom. The molecule has 1 aliphatic rings. The van der Waals surface area contributed by atoms with Gasteiger partial charge in [0, 0.05) is 12.1 Å². The molecule has 0 radical (unpaired) electrons. The maximum Gasteiger partial charge on any atom is 0.278 e. The minimum absolute atomic E-state index is 0.106. The molecule has 0 saturated carbocycles. The lowest BCUT2D eigenvalue weighted by Gasteiger charge is -2.18. The van der Waals surface area contributed by atoms with Gasteiger partial charge in [0.1, 0.15) is 5.37 Å². The predicted octanol–water partition coefficient (Wildman–Crippen LogP) is 3.11. The molecule has 1 heterocycles. The number of hydrogen-bond donors (Lipinski definition) is 0. The molecule has 0 aromatic heterocycles. The summed E-state index contributed by atoms with van der Waals surface area (Å²) in [5, 5.41) is 26.9. The van der Waals surface area contributed by atoms with Crippen LogP contribution in [-0.4, -0.2) is 32.7 Å². The number of thioether (sulfide) groups is 1. The Bertz CT molecular complexity index is 917. The first-order valence-electron chi connectivity index (χ1n) is 7.43. The van der Waals surface area contributed by atoms with Crippen molar-refractivity contribution in [1.29, 1.82) is 0 Å². The lowest BCUT2D eigenvalue weighted by atomic mass is 10.1. The van der Waals surface area contributed by atoms with Crippen LogP contribution in [0.2, 0.25) is 0 Å². The molecule has 9 nitrogen and oxygen atoms in total. The normalized spacial score (nSPS) is 17.0. The summed E-state index contributed by atoms with van der Waals surface area (Å²) in [4.78, 5) is 33.4. The molecule has 1 atom stereocenters. The standard InChI is InChI=1S/C16H12N4O5S/c21-15-10-26-16(12-6-2-4-8-14(12)20(24)25)18(15)17-9-11-5-1-3-7-13(11)19(22)23/h1-9,16H,10H2/b17-9+. The number of hydrazone groups is 1. The van der Waals surface area contributed by atoms with Gasteiger partial charge in [0.15, 0.2) is 0 Å². The molecule has 0 aliphatic carbocycles. The third-order valence-electron chi connectivity index (χ3n) is 3.70. The maximum absolute atomic E-state index is 12.2. The number of carbonyl (C=O) groups is 1. The lowest BCUT2D eigenvalue weighted by Crippen LogP contribution is -2.23. The number of nitro groups is 2. The van der Waals surface area contributed by atoms with Gasteiger partial charge in [0.25, 0.3) is 17.3 Å². The second-order valence-electron chi connectivity index (χ2n) is 5.28. The van der Waals surface area contributed by atoms with Crippen molar-refractivity contribution in [2.24, 2.45) is 5.10 Å². The van der Waals surface area contributed by atoms with Crippen LogP contribution in [-0.2, 0) is 4.79 Å². The summed E-state index contributed by atoms with van der Waals surface area (Å²) in [6.07, 6.45) is 1.23. The molecule has 1 unspecified atom stereocenters. The van der Waals surface area contributed by atoms with Crippen LogP contribution in [0.4, 0.5) is 11.4 Å². The second-order valence-corrected chi connectivity index (χ2v) is 6.35. The van der Waals surface area contributed by atoms with Crippen molar-refractivity contribution in [3.63, 3.8) is 0 Å². The molecule has 0 bridgehead atoms. The number of carbonyl (C=O) groups excluding carboxylic acids is 1. The number of nitro benzene ring substituents is 2. The number of para-hydroxylation sites is 2. The molecule has 0 spiro atoms. The Morgan fingerprint density at radius 3 is 2.35 bits per heavy atom. The molecule has 132 valence electrons. The zero-order chi connectivity index (χ0) is 18.7. The van der Waals surface area contributed by atoms with Gasteiger partial charge < -0.3 is 0 Å². The average Bonchev–Trinajstić information content (AvgIpc) is 3.00. The molecule has 0 N–H and O–H groups in total. The van der Waals surface area contributed by atoms with E-state index < -0.39 is 15.2 Å². The Balaban J connectivity index is 1.95. The summed E-state index contributed by atoms with van der Waals surface area (Å²) >= 11 is 1.21. The van der Waals surface area contributed by atoms with E-state index in [1.807, 2.05) is 0 Å². The number of amides is 1. The number of benzene rings is 2. The number of hydrogen-bond acceptors (Lipinski definition) is 7. The molecule has 1 saturated heterocycles. The van der Waals surface area contributed by atoms with Crippen molar-refractivity contribution in [3.8, 4) is 0 Å². The summed E-state index contributed by atoms with van der Waals surface area (Å²) in [5.74, 6) is -0.210. The van der Waals surface area contributed by atoms with Crippen molar-refractivity contribution < 1.29 is 14.6 Å². The molecular weight excluding hydrogens is 360 g/mol. The van der Waals surface area contributed by atoms with Crippen molar-refractivity contribution >= 4 is 35.3 Å². The van der Waals surface area contributed by atoms with Crippen LogP contribution in [0.3, 0.4) is 0 Å². The van der Waals surface area contributed by atoms with Crippen molar-refractivity contribution in [2.75, 3.05) is 5.75 Å². The predicted molar refractivity (Wildman–Crippen MR) is 95.8 cm³/mol. The third kappa shape index (κ3) is 3.40. The number of rotatable bonds is 5. The van der Waals surface area contributed by atoms with E-state index in [1.165, 1.54) is 42.2 Å². The average molecular weight is 372 g/mol. The first-order chi connectivity index (χ1) is 12.5. The lowest BCUT2D eigenvalue weighted by molar-refractivity contribution is -0.385. The first-order valence-corrected chi connectivity index (χ1v) is 8.48. The van der Waals surface area contributed by atoms with Crippen LogP contribution < -0.4 is 0 Å². The summed E-state index contributed by atoms with van der Waals surface area (Å²) in [6, 6.07) is 12.1. The summed E-state index contributed by atoms with van der Waals surface area (Å²) < 4.78 is 0. The van der Waals surface area contributed by atoms with Gasteiger partial charge in [-0.25, -0.2) is 5.01 Å². The molecule has 2 aromatic rings. The van der Waals surface area contributed by atoms with Crippen LogP contribution in [0, 0.1) is 20.2 Å². The van der Waals surface area contributed by atoms with E-state index >= 15 is 0 Å². The highest BCUT2D eigenvalue weighted by Crippen LogP contribution is 2.42. The van der Waals surface area contributed by atoms with E-state index in [2.05, 4.69) is 5.10 Å². The second kappa shape index (κ2) is 7.31. The van der Waals surface area contributed by atoms with Gasteiger partial charge >= 0.3 is 0 Å². The van der Waals surface area contributed by atoms with E-state index in [-0.39, 0.29) is 28.6 Å². The van der Waals surface area contributed by atoms with Gasteiger partial charge in [-0.3, -0.25) is 25.0 Å². The Morgan fingerprint density at radius 1 is 1.04 bits per heavy atom. The first kappa shape index (κ1) is 17.5. The summed E-state index contributed by atoms with van der Waals surface area (Å²) in [7, 11) is 0. The molecule has 1 aliphatic heterocycles. The van der Waals surface area contributed by atoms with Crippen molar-refractivity contribution in [2.45, 2.75) is 5.37 Å². The topological polar surface area (TPSA) is 119 Å². The van der Waals surface area contributed by atoms with Crippen molar-refractivity contribution in [1.82, 2.24) is 5.01 Å². The largest absolute Gasteiger partial charge is 0.278 e. The highest BCUT2D eigenvalue weighted by Gasteiger charge is 2.36. The van der Waals surface area contributed by atoms with Gasteiger partial charge in [0.2, 0.25) is 0 Å². The number of nitrogens with zero attached hydrogens (tertiary/aromatic N) is 4. The van der Waals surface area contributed by atoms with Gasteiger partial charge in [-0.2, -0.15) is 5.10 Å². The molecule has 10 heteroatoms. The van der Waals surface area contributed by atoms with Crippen LogP contribution in [0.5, 0.6) is 0 Å². The Labute approximate surface area is 151 Å². The van der Waals surface area contributed by atoms with E-state index in [1.54, 1.807) is 24.3 Å². The molecule has 1 fully saturated rings. The molecule has 2 aromatic carbocycles. The fourth-order valence-electron chi connectivity index (χ4n) is 2.51. The Hall–Kier alpha value is -3.27. The van der Waals surface area contributed by atoms with Crippen LogP contribution in [0.15, 0.2) is 53.6 Å². The zero-order valence-electron chi connectivity index (χ0n) is 13.2. The molecular formula is C16H12N4O5S.